The molecule has 0 aromatic heterocycles. The fourth-order valence-corrected chi connectivity index (χ4v) is 4.22. The van der Waals surface area contributed by atoms with Gasteiger partial charge >= 0.3 is 0 Å². The van der Waals surface area contributed by atoms with Crippen molar-refractivity contribution in [2.75, 3.05) is 25.6 Å². The minimum atomic E-state index is -4.04. The lowest BCUT2D eigenvalue weighted by atomic mass is 10.2. The number of fused-ring (bicyclic) bond motifs is 1. The van der Waals surface area contributed by atoms with Crippen molar-refractivity contribution in [3.8, 4) is 17.2 Å². The highest BCUT2D eigenvalue weighted by atomic mass is 35.5. The van der Waals surface area contributed by atoms with Gasteiger partial charge in [-0.1, -0.05) is 11.6 Å². The van der Waals surface area contributed by atoms with Gasteiger partial charge < -0.3 is 19.5 Å². The van der Waals surface area contributed by atoms with E-state index in [0.717, 1.165) is 0 Å². The summed E-state index contributed by atoms with van der Waals surface area (Å²) in [5, 5.41) is 2.88. The third-order valence-electron chi connectivity index (χ3n) is 3.95. The molecule has 0 unspecified atom stereocenters. The predicted molar refractivity (Wildman–Crippen MR) is 104 cm³/mol. The summed E-state index contributed by atoms with van der Waals surface area (Å²) in [7, 11) is -2.69. The minimum Gasteiger partial charge on any atom is -0.495 e. The summed E-state index contributed by atoms with van der Waals surface area (Å²) < 4.78 is 43.6. The number of halogens is 1. The Morgan fingerprint density at radius 1 is 1.14 bits per heavy atom. The first-order valence-corrected chi connectivity index (χ1v) is 10.2. The first-order chi connectivity index (χ1) is 13.3. The van der Waals surface area contributed by atoms with Gasteiger partial charge in [-0.15, -0.1) is 0 Å². The van der Waals surface area contributed by atoms with E-state index >= 15 is 0 Å². The van der Waals surface area contributed by atoms with Gasteiger partial charge in [-0.2, -0.15) is 4.72 Å². The third-order valence-corrected chi connectivity index (χ3v) is 5.75. The van der Waals surface area contributed by atoms with Gasteiger partial charge in [0.05, 0.1) is 13.2 Å². The summed E-state index contributed by atoms with van der Waals surface area (Å²) in [4.78, 5) is 12.3. The summed E-state index contributed by atoms with van der Waals surface area (Å²) in [5.41, 5.74) is 0.459. The average Bonchev–Trinajstić information content (AvgIpc) is 2.67. The lowest BCUT2D eigenvalue weighted by Crippen LogP contribution is -2.41. The highest BCUT2D eigenvalue weighted by Crippen LogP contribution is 2.32. The molecule has 2 aromatic rings. The Morgan fingerprint density at radius 3 is 2.57 bits per heavy atom. The molecule has 1 heterocycles. The van der Waals surface area contributed by atoms with Crippen molar-refractivity contribution in [2.24, 2.45) is 0 Å². The number of rotatable bonds is 6. The number of hydrogen-bond acceptors (Lipinski definition) is 6. The zero-order valence-electron chi connectivity index (χ0n) is 15.2. The van der Waals surface area contributed by atoms with E-state index in [4.69, 9.17) is 25.8 Å². The van der Waals surface area contributed by atoms with Crippen molar-refractivity contribution in [1.29, 1.82) is 0 Å². The molecule has 8 nitrogen and oxygen atoms in total. The number of nitrogens with one attached hydrogen (secondary N) is 2. The normalized spacial score (nSPS) is 14.2. The second kappa shape index (κ2) is 8.26. The zero-order chi connectivity index (χ0) is 20.3. The van der Waals surface area contributed by atoms with Crippen LogP contribution in [0.1, 0.15) is 6.92 Å². The molecule has 28 heavy (non-hydrogen) atoms. The molecule has 150 valence electrons. The highest BCUT2D eigenvalue weighted by Gasteiger charge is 2.25. The molecule has 0 saturated carbocycles. The highest BCUT2D eigenvalue weighted by molar-refractivity contribution is 7.89. The van der Waals surface area contributed by atoms with Crippen LogP contribution < -0.4 is 24.2 Å². The molecule has 1 aliphatic heterocycles. The van der Waals surface area contributed by atoms with Crippen LogP contribution in [0.2, 0.25) is 5.02 Å². The molecule has 1 aliphatic rings. The van der Waals surface area contributed by atoms with E-state index in [9.17, 15) is 13.2 Å². The molecule has 0 spiro atoms. The van der Waals surface area contributed by atoms with Crippen LogP contribution in [0.15, 0.2) is 41.3 Å². The van der Waals surface area contributed by atoms with Crippen LogP contribution in [0.5, 0.6) is 17.2 Å². The molecule has 1 amide bonds. The molecule has 0 fully saturated rings. The number of carbonyl (C=O) groups is 1. The van der Waals surface area contributed by atoms with E-state index in [-0.39, 0.29) is 15.7 Å². The molecule has 0 radical (unpaired) electrons. The zero-order valence-corrected chi connectivity index (χ0v) is 16.8. The molecule has 3 rings (SSSR count). The second-order valence-corrected chi connectivity index (χ2v) is 8.10. The monoisotopic (exact) mass is 426 g/mol. The molecule has 2 aromatic carbocycles. The van der Waals surface area contributed by atoms with E-state index in [1.807, 2.05) is 0 Å². The number of carbonyl (C=O) groups excluding carboxylic acids is 1. The summed E-state index contributed by atoms with van der Waals surface area (Å²) in [6, 6.07) is 8.10. The average molecular weight is 427 g/mol. The van der Waals surface area contributed by atoms with Gasteiger partial charge in [0, 0.05) is 16.8 Å². The SMILES string of the molecule is COc1ccc(Cl)cc1S(=O)(=O)N[C@H](C)C(=O)Nc1ccc2c(c1)OCCO2. The molecule has 1 atom stereocenters. The largest absolute Gasteiger partial charge is 0.495 e. The lowest BCUT2D eigenvalue weighted by Gasteiger charge is -2.20. The fraction of sp³-hybridized carbons (Fsp3) is 0.278. The number of amides is 1. The second-order valence-electron chi connectivity index (χ2n) is 5.99. The summed E-state index contributed by atoms with van der Waals surface area (Å²) in [5.74, 6) is 0.685. The van der Waals surface area contributed by atoms with Crippen LogP contribution in [0.4, 0.5) is 5.69 Å². The Kier molecular flexibility index (Phi) is 5.97. The Balaban J connectivity index is 1.72. The van der Waals surface area contributed by atoms with Crippen molar-refractivity contribution >= 4 is 33.2 Å². The van der Waals surface area contributed by atoms with Gasteiger partial charge in [-0.25, -0.2) is 8.42 Å². The smallest absolute Gasteiger partial charge is 0.245 e. The van der Waals surface area contributed by atoms with Gasteiger partial charge in [0.25, 0.3) is 0 Å². The lowest BCUT2D eigenvalue weighted by molar-refractivity contribution is -0.117. The quantitative estimate of drug-likeness (QED) is 0.735. The van der Waals surface area contributed by atoms with Gasteiger partial charge in [-0.05, 0) is 37.3 Å². The van der Waals surface area contributed by atoms with Gasteiger partial charge in [0.2, 0.25) is 15.9 Å². The maximum atomic E-state index is 12.7. The van der Waals surface area contributed by atoms with E-state index in [1.165, 1.54) is 32.2 Å². The van der Waals surface area contributed by atoms with E-state index in [1.54, 1.807) is 18.2 Å². The Bertz CT molecular complexity index is 996. The number of anilines is 1. The molecule has 0 aliphatic carbocycles. The van der Waals surface area contributed by atoms with E-state index < -0.39 is 22.0 Å². The van der Waals surface area contributed by atoms with Crippen LogP contribution in [0.3, 0.4) is 0 Å². The van der Waals surface area contributed by atoms with Gasteiger partial charge in [0.15, 0.2) is 11.5 Å². The van der Waals surface area contributed by atoms with Crippen molar-refractivity contribution in [3.63, 3.8) is 0 Å². The van der Waals surface area contributed by atoms with Crippen LogP contribution in [-0.4, -0.2) is 40.7 Å². The van der Waals surface area contributed by atoms with Crippen LogP contribution in [-0.2, 0) is 14.8 Å². The molecule has 0 bridgehead atoms. The number of ether oxygens (including phenoxy) is 3. The molecular formula is C18H19ClN2O6S. The van der Waals surface area contributed by atoms with Crippen LogP contribution in [0, 0.1) is 0 Å². The number of methoxy groups -OCH3 is 1. The van der Waals surface area contributed by atoms with Crippen molar-refractivity contribution in [3.05, 3.63) is 41.4 Å². The first kappa shape index (κ1) is 20.2. The van der Waals surface area contributed by atoms with Crippen molar-refractivity contribution in [1.82, 2.24) is 4.72 Å². The standard InChI is InChI=1S/C18H19ClN2O6S/c1-11(21-28(23,24)17-9-12(19)3-5-15(17)25-2)18(22)20-13-4-6-14-16(10-13)27-8-7-26-14/h3-6,9-11,21H,7-8H2,1-2H3,(H,20,22)/t11-/m1/s1. The topological polar surface area (TPSA) is 103 Å². The van der Waals surface area contributed by atoms with Crippen molar-refractivity contribution in [2.45, 2.75) is 17.9 Å². The summed E-state index contributed by atoms with van der Waals surface area (Å²) in [6.45, 7) is 2.31. The molecular weight excluding hydrogens is 408 g/mol. The van der Waals surface area contributed by atoms with Crippen LogP contribution >= 0.6 is 11.6 Å². The van der Waals surface area contributed by atoms with Crippen LogP contribution in [0.25, 0.3) is 0 Å². The fourth-order valence-electron chi connectivity index (χ4n) is 2.58. The number of sulfonamides is 1. The molecule has 2 N–H and O–H groups in total. The Labute approximate surface area is 167 Å². The van der Waals surface area contributed by atoms with Gasteiger partial charge in [0.1, 0.15) is 23.9 Å². The maximum absolute atomic E-state index is 12.7. The summed E-state index contributed by atoms with van der Waals surface area (Å²) >= 11 is 5.90. The Morgan fingerprint density at radius 2 is 1.86 bits per heavy atom. The Hall–Kier alpha value is -2.49. The number of hydrogen-bond donors (Lipinski definition) is 2. The minimum absolute atomic E-state index is 0.122. The summed E-state index contributed by atoms with van der Waals surface area (Å²) in [6.07, 6.45) is 0. The van der Waals surface area contributed by atoms with Gasteiger partial charge in [-0.3, -0.25) is 4.79 Å². The first-order valence-electron chi connectivity index (χ1n) is 8.36. The molecule has 10 heteroatoms. The van der Waals surface area contributed by atoms with Crippen molar-refractivity contribution < 1.29 is 27.4 Å². The number of benzene rings is 2. The third kappa shape index (κ3) is 4.49. The maximum Gasteiger partial charge on any atom is 0.245 e. The molecule has 0 saturated heterocycles. The predicted octanol–water partition coefficient (Wildman–Crippen LogP) is 2.43. The van der Waals surface area contributed by atoms with E-state index in [0.29, 0.717) is 30.4 Å². The van der Waals surface area contributed by atoms with E-state index in [2.05, 4.69) is 10.0 Å².